The molecular weight excluding hydrogens is 1040 g/mol. The van der Waals surface area contributed by atoms with Crippen molar-refractivity contribution in [3.8, 4) is 29.7 Å². The van der Waals surface area contributed by atoms with Gasteiger partial charge < -0.3 is 0 Å². The topological polar surface area (TPSA) is 194 Å². The molecule has 60 heavy (non-hydrogen) atoms. The van der Waals surface area contributed by atoms with Gasteiger partial charge in [0, 0.05) is 24.9 Å². The Morgan fingerprint density at radius 2 is 1.38 bits per heavy atom. The third-order valence-electron chi connectivity index (χ3n) is 8.32. The second kappa shape index (κ2) is 25.8. The first-order valence-electron chi connectivity index (χ1n) is 18.6. The molecule has 0 spiro atoms. The lowest BCUT2D eigenvalue weighted by molar-refractivity contribution is -0.121. The normalized spacial score (nSPS) is 12.9. The lowest BCUT2D eigenvalue weighted by atomic mass is 10.1. The molecule has 310 valence electrons. The number of nitriles is 3. The molecule has 0 saturated carbocycles. The van der Waals surface area contributed by atoms with Gasteiger partial charge in [-0.1, -0.05) is 61.0 Å². The van der Waals surface area contributed by atoms with E-state index in [9.17, 15) is 19.6 Å². The molecule has 0 N–H and O–H groups in total. The zero-order chi connectivity index (χ0) is 44.2. The maximum atomic E-state index is 12.8. The summed E-state index contributed by atoms with van der Waals surface area (Å²) in [5.41, 5.74) is 3.14. The zero-order valence-electron chi connectivity index (χ0n) is 33.1. The molecule has 2 atom stereocenters. The number of amides is 1. The number of likely N-dealkylation sites (tertiary alicyclic amines) is 1. The number of pyridine rings is 4. The molecule has 0 aliphatic carbocycles. The van der Waals surface area contributed by atoms with Gasteiger partial charge in [0.15, 0.2) is 22.9 Å². The average molecular weight is 1080 g/mol. The second-order valence-corrected chi connectivity index (χ2v) is 17.2. The molecule has 0 bridgehead atoms. The minimum absolute atomic E-state index is 0.0313. The van der Waals surface area contributed by atoms with E-state index in [-0.39, 0.29) is 22.3 Å². The van der Waals surface area contributed by atoms with Crippen molar-refractivity contribution < 1.29 is 14.4 Å². The number of Topliss-reactive ketones (excluding diaryl/α,β-unsaturated/α-hetero) is 2. The Balaban J connectivity index is 0.000000237. The number of nitrogens with zero attached hydrogens (tertiary/aromatic N) is 10. The molecule has 6 rings (SSSR count). The Morgan fingerprint density at radius 1 is 0.817 bits per heavy atom. The van der Waals surface area contributed by atoms with E-state index < -0.39 is 6.04 Å². The molecule has 1 saturated heterocycles. The molecule has 13 nitrogen and oxygen atoms in total. The predicted molar refractivity (Wildman–Crippen MR) is 245 cm³/mol. The smallest absolute Gasteiger partial charge is 0.251 e. The van der Waals surface area contributed by atoms with Crippen molar-refractivity contribution in [2.45, 2.75) is 70.2 Å². The van der Waals surface area contributed by atoms with Gasteiger partial charge >= 0.3 is 0 Å². The summed E-state index contributed by atoms with van der Waals surface area (Å²) in [7, 11) is 1.69. The van der Waals surface area contributed by atoms with Gasteiger partial charge in [-0.15, -0.1) is 11.3 Å². The molecule has 0 aromatic carbocycles. The van der Waals surface area contributed by atoms with Crippen LogP contribution in [0.3, 0.4) is 0 Å². The van der Waals surface area contributed by atoms with Crippen LogP contribution in [0.1, 0.15) is 90.1 Å². The SMILES string of the molecule is CCC(Br)C(=O)c1cccc(Br)n1.CCCC(=O)c1cccc(Br)n1.CCc1sc(N(C)C(=O)[C@@H]2CCCN2C#N)nc1-c1cccc(C#N)n1.N#Cc1cccc(Br)n1. The van der Waals surface area contributed by atoms with Crippen molar-refractivity contribution in [1.29, 1.82) is 15.8 Å². The van der Waals surface area contributed by atoms with Gasteiger partial charge in [-0.05, 0) is 128 Å². The van der Waals surface area contributed by atoms with Crippen LogP contribution in [0.2, 0.25) is 0 Å². The Kier molecular flexibility index (Phi) is 21.3. The van der Waals surface area contributed by atoms with Crippen LogP contribution in [0.5, 0.6) is 0 Å². The fourth-order valence-electron chi connectivity index (χ4n) is 5.29. The number of ketones is 2. The average Bonchev–Trinajstić information content (AvgIpc) is 3.94. The van der Waals surface area contributed by atoms with Gasteiger partial charge in [0.05, 0.1) is 10.5 Å². The van der Waals surface area contributed by atoms with Crippen molar-refractivity contribution in [2.24, 2.45) is 0 Å². The molecule has 18 heteroatoms. The highest BCUT2D eigenvalue weighted by atomic mass is 79.9. The van der Waals surface area contributed by atoms with E-state index in [1.54, 1.807) is 61.6 Å². The number of alkyl halides is 1. The highest BCUT2D eigenvalue weighted by Crippen LogP contribution is 2.33. The van der Waals surface area contributed by atoms with E-state index in [1.807, 2.05) is 51.1 Å². The van der Waals surface area contributed by atoms with Gasteiger partial charge in [-0.25, -0.2) is 24.9 Å². The quantitative estimate of drug-likeness (QED) is 0.0557. The maximum Gasteiger partial charge on any atom is 0.251 e. The number of likely N-dealkylation sites (N-methyl/N-ethyl adjacent to an activating group) is 1. The Bertz CT molecular complexity index is 2380. The highest BCUT2D eigenvalue weighted by Gasteiger charge is 2.34. The number of aryl methyl sites for hydroxylation is 1. The highest BCUT2D eigenvalue weighted by molar-refractivity contribution is 9.11. The van der Waals surface area contributed by atoms with Crippen LogP contribution in [0.25, 0.3) is 11.4 Å². The predicted octanol–water partition coefficient (Wildman–Crippen LogP) is 10.3. The summed E-state index contributed by atoms with van der Waals surface area (Å²) in [6, 6.07) is 24.7. The molecule has 1 unspecified atom stereocenters. The molecule has 0 radical (unpaired) electrons. The van der Waals surface area contributed by atoms with Gasteiger partial charge in [-0.2, -0.15) is 15.8 Å². The minimum atomic E-state index is -0.414. The first-order valence-corrected chi connectivity index (χ1v) is 22.7. The van der Waals surface area contributed by atoms with Crippen LogP contribution >= 0.6 is 75.1 Å². The Hall–Kier alpha value is -4.77. The Morgan fingerprint density at radius 3 is 1.92 bits per heavy atom. The summed E-state index contributed by atoms with van der Waals surface area (Å²) in [6.07, 6.45) is 6.58. The number of carbonyl (C=O) groups excluding carboxylic acids is 3. The molecule has 1 amide bonds. The van der Waals surface area contributed by atoms with Crippen LogP contribution < -0.4 is 4.90 Å². The fourth-order valence-corrected chi connectivity index (χ4v) is 7.53. The number of halogens is 4. The number of rotatable bonds is 10. The molecule has 5 aromatic heterocycles. The molecule has 1 aliphatic rings. The van der Waals surface area contributed by atoms with Crippen LogP contribution in [0, 0.1) is 34.1 Å². The summed E-state index contributed by atoms with van der Waals surface area (Å²) in [5, 5.41) is 27.1. The molecule has 5 aromatic rings. The summed E-state index contributed by atoms with van der Waals surface area (Å²) in [4.78, 5) is 60.6. The molecule has 1 fully saturated rings. The summed E-state index contributed by atoms with van der Waals surface area (Å²) < 4.78 is 2.10. The monoisotopic (exact) mass is 1080 g/mol. The number of anilines is 1. The first-order chi connectivity index (χ1) is 28.8. The lowest BCUT2D eigenvalue weighted by Crippen LogP contribution is -2.42. The van der Waals surface area contributed by atoms with Crippen molar-refractivity contribution in [3.63, 3.8) is 0 Å². The maximum absolute atomic E-state index is 12.8. The van der Waals surface area contributed by atoms with Crippen LogP contribution in [-0.4, -0.2) is 71.8 Å². The second-order valence-electron chi connectivity index (χ2n) is 12.6. The van der Waals surface area contributed by atoms with Gasteiger partial charge in [0.25, 0.3) is 5.91 Å². The third-order valence-corrected chi connectivity index (χ3v) is 12.0. The van der Waals surface area contributed by atoms with E-state index in [0.717, 1.165) is 30.6 Å². The zero-order valence-corrected chi connectivity index (χ0v) is 40.3. The number of aromatic nitrogens is 5. The van der Waals surface area contributed by atoms with E-state index in [4.69, 9.17) is 10.5 Å². The van der Waals surface area contributed by atoms with E-state index in [2.05, 4.69) is 94.8 Å². The molecule has 1 aliphatic heterocycles. The molecular formula is C42H40Br4N10O3S. The summed E-state index contributed by atoms with van der Waals surface area (Å²) in [6.45, 7) is 6.57. The van der Waals surface area contributed by atoms with Crippen LogP contribution in [-0.2, 0) is 11.2 Å². The number of thiazole rings is 1. The van der Waals surface area contributed by atoms with Crippen molar-refractivity contribution >= 4 is 97.7 Å². The fraction of sp³-hybridized carbons (Fsp3) is 0.310. The van der Waals surface area contributed by atoms with Gasteiger partial charge in [0.2, 0.25) is 0 Å². The minimum Gasteiger partial charge on any atom is -0.298 e. The summed E-state index contributed by atoms with van der Waals surface area (Å²) >= 11 is 14.3. The number of carbonyl (C=O) groups is 3. The van der Waals surface area contributed by atoms with Gasteiger partial charge in [0.1, 0.15) is 60.5 Å². The van der Waals surface area contributed by atoms with E-state index >= 15 is 0 Å². The third kappa shape index (κ3) is 15.0. The summed E-state index contributed by atoms with van der Waals surface area (Å²) in [5.74, 6) is 0.0216. The van der Waals surface area contributed by atoms with Crippen molar-refractivity contribution in [2.75, 3.05) is 18.5 Å². The van der Waals surface area contributed by atoms with E-state index in [1.165, 1.54) is 21.1 Å². The Labute approximate surface area is 387 Å². The molecule has 6 heterocycles. The first kappa shape index (κ1) is 49.6. The van der Waals surface area contributed by atoms with Gasteiger partial charge in [-0.3, -0.25) is 24.2 Å². The standard InChI is InChI=1S/C18H18N6OS.C9H9Br2NO.C9H10BrNO.C6H3BrN2/c1-3-15-16(13-7-4-6-12(10-19)21-13)22-18(26-15)23(2)17(25)14-8-5-9-24(14)11-20;1-2-6(10)9(13)7-4-3-5-8(11)12-7;1-2-4-8(12)7-5-3-6-9(10)11-7;7-6-3-1-2-5(4-8)9-6/h4,6-7,14H,3,5,8-9H2,1-2H3;3-6H,2H2,1H3;3,5-6H,2,4H2,1H3;1-3H/t14-;;;/m0.../s1. The largest absolute Gasteiger partial charge is 0.298 e. The lowest BCUT2D eigenvalue weighted by Gasteiger charge is -2.22. The van der Waals surface area contributed by atoms with E-state index in [0.29, 0.717) is 72.5 Å². The van der Waals surface area contributed by atoms with Crippen LogP contribution in [0.4, 0.5) is 5.13 Å². The van der Waals surface area contributed by atoms with Crippen molar-refractivity contribution in [1.82, 2.24) is 29.8 Å². The number of hydrogen-bond acceptors (Lipinski definition) is 13. The number of hydrogen-bond donors (Lipinski definition) is 0. The van der Waals surface area contributed by atoms with Crippen LogP contribution in [0.15, 0.2) is 86.6 Å². The van der Waals surface area contributed by atoms with Crippen molar-refractivity contribution in [3.05, 3.63) is 114 Å².